The number of aliphatic carboxylic acids is 1. The van der Waals surface area contributed by atoms with Gasteiger partial charge in [-0.15, -0.1) is 0 Å². The zero-order valence-electron chi connectivity index (χ0n) is 17.4. The number of piperidine rings is 2. The van der Waals surface area contributed by atoms with Gasteiger partial charge in [-0.25, -0.2) is 8.78 Å². The van der Waals surface area contributed by atoms with Crippen molar-refractivity contribution in [3.05, 3.63) is 65.7 Å². The standard InChI is InChI=1S/C24H28F2N2O3/c25-20-7-6-19(14-21(20)26)27-11-8-18(9-12-27)28-13-10-22(29)24(16-28,23(30)31)15-17-4-2-1-3-5-17/h1-7,14,18,22,29H,8-13,15-16H2,(H,30,31)/t22-,24-/m0/s1. The molecule has 4 rings (SSSR count). The van der Waals surface area contributed by atoms with Crippen LogP contribution in [0.2, 0.25) is 0 Å². The molecule has 2 aromatic rings. The molecule has 166 valence electrons. The molecule has 2 aromatic carbocycles. The molecule has 0 amide bonds. The zero-order chi connectivity index (χ0) is 22.0. The predicted octanol–water partition coefficient (Wildman–Crippen LogP) is 3.31. The first-order valence-electron chi connectivity index (χ1n) is 10.8. The molecule has 2 aliphatic rings. The van der Waals surface area contributed by atoms with E-state index in [-0.39, 0.29) is 12.5 Å². The van der Waals surface area contributed by atoms with E-state index in [1.807, 2.05) is 35.2 Å². The molecule has 2 atom stereocenters. The maximum Gasteiger partial charge on any atom is 0.313 e. The number of nitrogens with zero attached hydrogens (tertiary/aromatic N) is 2. The van der Waals surface area contributed by atoms with Gasteiger partial charge in [0.05, 0.1) is 6.10 Å². The summed E-state index contributed by atoms with van der Waals surface area (Å²) in [4.78, 5) is 16.6. The summed E-state index contributed by atoms with van der Waals surface area (Å²) in [6.07, 6.45) is 1.41. The number of anilines is 1. The van der Waals surface area contributed by atoms with Gasteiger partial charge in [-0.05, 0) is 43.4 Å². The van der Waals surface area contributed by atoms with Crippen LogP contribution in [0.25, 0.3) is 0 Å². The van der Waals surface area contributed by atoms with E-state index in [2.05, 4.69) is 4.90 Å². The van der Waals surface area contributed by atoms with Crippen LogP contribution in [0.3, 0.4) is 0 Å². The van der Waals surface area contributed by atoms with Gasteiger partial charge in [-0.3, -0.25) is 9.69 Å². The number of aliphatic hydroxyl groups is 1. The second-order valence-corrected chi connectivity index (χ2v) is 8.72. The molecule has 2 N–H and O–H groups in total. The number of likely N-dealkylation sites (tertiary alicyclic amines) is 1. The molecule has 5 nitrogen and oxygen atoms in total. The molecule has 31 heavy (non-hydrogen) atoms. The fourth-order valence-corrected chi connectivity index (χ4v) is 5.01. The Balaban J connectivity index is 1.45. The van der Waals surface area contributed by atoms with Crippen LogP contribution in [0.5, 0.6) is 0 Å². The number of carboxylic acid groups (broad SMARTS) is 1. The topological polar surface area (TPSA) is 64.0 Å². The Morgan fingerprint density at radius 2 is 1.71 bits per heavy atom. The summed E-state index contributed by atoms with van der Waals surface area (Å²) in [5.41, 5.74) is 0.325. The summed E-state index contributed by atoms with van der Waals surface area (Å²) in [7, 11) is 0. The minimum Gasteiger partial charge on any atom is -0.481 e. The maximum atomic E-state index is 13.6. The zero-order valence-corrected chi connectivity index (χ0v) is 17.4. The Morgan fingerprint density at radius 1 is 1.00 bits per heavy atom. The van der Waals surface area contributed by atoms with E-state index >= 15 is 0 Å². The van der Waals surface area contributed by atoms with Crippen molar-refractivity contribution in [2.24, 2.45) is 5.41 Å². The van der Waals surface area contributed by atoms with Gasteiger partial charge < -0.3 is 15.1 Å². The van der Waals surface area contributed by atoms with E-state index in [0.717, 1.165) is 24.5 Å². The van der Waals surface area contributed by atoms with Gasteiger partial charge in [-0.2, -0.15) is 0 Å². The predicted molar refractivity (Wildman–Crippen MR) is 114 cm³/mol. The summed E-state index contributed by atoms with van der Waals surface area (Å²) in [6, 6.07) is 13.6. The SMILES string of the molecule is O=C(O)[C@@]1(Cc2ccccc2)CN(C2CCN(c3ccc(F)c(F)c3)CC2)CC[C@@H]1O. The molecule has 2 saturated heterocycles. The molecule has 0 radical (unpaired) electrons. The van der Waals surface area contributed by atoms with Crippen molar-refractivity contribution < 1.29 is 23.8 Å². The van der Waals surface area contributed by atoms with Crippen LogP contribution in [0.1, 0.15) is 24.8 Å². The van der Waals surface area contributed by atoms with E-state index in [4.69, 9.17) is 0 Å². The Morgan fingerprint density at radius 3 is 2.35 bits per heavy atom. The number of hydrogen-bond acceptors (Lipinski definition) is 4. The number of hydrogen-bond donors (Lipinski definition) is 2. The number of carboxylic acids is 1. The highest BCUT2D eigenvalue weighted by Gasteiger charge is 2.50. The monoisotopic (exact) mass is 430 g/mol. The van der Waals surface area contributed by atoms with Gasteiger partial charge in [0.15, 0.2) is 11.6 Å². The average Bonchev–Trinajstić information content (AvgIpc) is 2.78. The van der Waals surface area contributed by atoms with Crippen molar-refractivity contribution in [3.63, 3.8) is 0 Å². The molecule has 0 spiro atoms. The van der Waals surface area contributed by atoms with E-state index < -0.39 is 29.1 Å². The fraction of sp³-hybridized carbons (Fsp3) is 0.458. The van der Waals surface area contributed by atoms with Crippen molar-refractivity contribution in [3.8, 4) is 0 Å². The Hall–Kier alpha value is -2.51. The molecule has 0 aromatic heterocycles. The van der Waals surface area contributed by atoms with Crippen molar-refractivity contribution in [2.45, 2.75) is 37.8 Å². The molecule has 2 fully saturated rings. The van der Waals surface area contributed by atoms with Gasteiger partial charge in [0.25, 0.3) is 0 Å². The average molecular weight is 430 g/mol. The van der Waals surface area contributed by atoms with Gasteiger partial charge in [0, 0.05) is 44.0 Å². The third-order valence-corrected chi connectivity index (χ3v) is 6.85. The van der Waals surface area contributed by atoms with E-state index in [1.165, 1.54) is 6.07 Å². The van der Waals surface area contributed by atoms with Crippen LogP contribution < -0.4 is 4.90 Å². The summed E-state index contributed by atoms with van der Waals surface area (Å²) in [6.45, 7) is 2.33. The highest BCUT2D eigenvalue weighted by molar-refractivity contribution is 5.76. The highest BCUT2D eigenvalue weighted by atomic mass is 19.2. The second kappa shape index (κ2) is 8.93. The molecule has 7 heteroatoms. The lowest BCUT2D eigenvalue weighted by Gasteiger charge is -2.48. The normalized spacial score (nSPS) is 25.5. The summed E-state index contributed by atoms with van der Waals surface area (Å²) >= 11 is 0. The van der Waals surface area contributed by atoms with E-state index in [0.29, 0.717) is 38.3 Å². The largest absolute Gasteiger partial charge is 0.481 e. The second-order valence-electron chi connectivity index (χ2n) is 8.72. The van der Waals surface area contributed by atoms with Crippen molar-refractivity contribution >= 4 is 11.7 Å². The Kier molecular flexibility index (Phi) is 6.25. The smallest absolute Gasteiger partial charge is 0.313 e. The molecular weight excluding hydrogens is 402 g/mol. The first kappa shape index (κ1) is 21.7. The fourth-order valence-electron chi connectivity index (χ4n) is 5.01. The minimum absolute atomic E-state index is 0.198. The molecule has 0 bridgehead atoms. The molecule has 2 aliphatic heterocycles. The van der Waals surface area contributed by atoms with Crippen LogP contribution in [0.15, 0.2) is 48.5 Å². The lowest BCUT2D eigenvalue weighted by atomic mass is 9.72. The summed E-state index contributed by atoms with van der Waals surface area (Å²) in [5, 5.41) is 20.8. The molecule has 0 aliphatic carbocycles. The van der Waals surface area contributed by atoms with Crippen LogP contribution in [-0.4, -0.2) is 59.4 Å². The maximum absolute atomic E-state index is 13.6. The van der Waals surface area contributed by atoms with Crippen molar-refractivity contribution in [2.75, 3.05) is 31.1 Å². The number of benzene rings is 2. The third-order valence-electron chi connectivity index (χ3n) is 6.85. The van der Waals surface area contributed by atoms with Crippen LogP contribution >= 0.6 is 0 Å². The first-order valence-corrected chi connectivity index (χ1v) is 10.8. The number of halogens is 2. The Bertz CT molecular complexity index is 918. The van der Waals surface area contributed by atoms with Crippen molar-refractivity contribution in [1.29, 1.82) is 0 Å². The van der Waals surface area contributed by atoms with Gasteiger partial charge in [0.2, 0.25) is 0 Å². The quantitative estimate of drug-likeness (QED) is 0.762. The van der Waals surface area contributed by atoms with E-state index in [9.17, 15) is 23.8 Å². The lowest BCUT2D eigenvalue weighted by Crippen LogP contribution is -2.60. The number of carbonyl (C=O) groups is 1. The van der Waals surface area contributed by atoms with Crippen LogP contribution in [-0.2, 0) is 11.2 Å². The molecule has 0 saturated carbocycles. The van der Waals surface area contributed by atoms with Gasteiger partial charge in [0.1, 0.15) is 5.41 Å². The lowest BCUT2D eigenvalue weighted by molar-refractivity contribution is -0.164. The van der Waals surface area contributed by atoms with Crippen LogP contribution in [0, 0.1) is 17.0 Å². The first-order chi connectivity index (χ1) is 14.9. The summed E-state index contributed by atoms with van der Waals surface area (Å²) < 4.78 is 26.8. The van der Waals surface area contributed by atoms with E-state index in [1.54, 1.807) is 6.07 Å². The third kappa shape index (κ3) is 4.43. The minimum atomic E-state index is -1.24. The molecular formula is C24H28F2N2O3. The number of rotatable bonds is 5. The van der Waals surface area contributed by atoms with Gasteiger partial charge >= 0.3 is 5.97 Å². The highest BCUT2D eigenvalue weighted by Crippen LogP contribution is 2.37. The Labute approximate surface area is 180 Å². The molecule has 0 unspecified atom stereocenters. The van der Waals surface area contributed by atoms with Crippen molar-refractivity contribution in [1.82, 2.24) is 4.90 Å². The van der Waals surface area contributed by atoms with Gasteiger partial charge in [-0.1, -0.05) is 30.3 Å². The summed E-state index contributed by atoms with van der Waals surface area (Å²) in [5.74, 6) is -2.67. The number of aliphatic hydroxyl groups excluding tert-OH is 1. The molecule has 2 heterocycles. The van der Waals surface area contributed by atoms with Crippen LogP contribution in [0.4, 0.5) is 14.5 Å².